The predicted octanol–water partition coefficient (Wildman–Crippen LogP) is 8.09. The van der Waals surface area contributed by atoms with Crippen LogP contribution in [0, 0.1) is 0 Å². The highest BCUT2D eigenvalue weighted by molar-refractivity contribution is 7.89. The maximum absolute atomic E-state index is 13.6. The topological polar surface area (TPSA) is 153 Å². The Morgan fingerprint density at radius 3 is 2.32 bits per heavy atom. The molecular weight excluding hydrogens is 783 g/mol. The third-order valence-corrected chi connectivity index (χ3v) is 17.9. The van der Waals surface area contributed by atoms with Crippen molar-refractivity contribution >= 4 is 41.0 Å². The summed E-state index contributed by atoms with van der Waals surface area (Å²) in [5.74, 6) is -0.00318. The highest BCUT2D eigenvalue weighted by Crippen LogP contribution is 2.41. The number of aromatic hydroxyl groups is 1. The van der Waals surface area contributed by atoms with E-state index in [4.69, 9.17) is 9.16 Å². The van der Waals surface area contributed by atoms with Gasteiger partial charge in [-0.15, -0.1) is 0 Å². The van der Waals surface area contributed by atoms with Crippen LogP contribution in [0.15, 0.2) is 113 Å². The molecule has 1 atom stereocenters. The summed E-state index contributed by atoms with van der Waals surface area (Å²) in [4.78, 5) is 30.1. The molecule has 12 nitrogen and oxygen atoms in total. The Bertz CT molecular complexity index is 2380. The van der Waals surface area contributed by atoms with Gasteiger partial charge in [-0.25, -0.2) is 13.2 Å². The van der Waals surface area contributed by atoms with E-state index in [0.29, 0.717) is 68.7 Å². The monoisotopic (exact) mass is 839 g/mol. The van der Waals surface area contributed by atoms with Gasteiger partial charge in [0.2, 0.25) is 15.6 Å². The van der Waals surface area contributed by atoms with Gasteiger partial charge in [0.05, 0.1) is 22.2 Å². The minimum Gasteiger partial charge on any atom is -0.506 e. The van der Waals surface area contributed by atoms with Crippen molar-refractivity contribution in [3.05, 3.63) is 125 Å². The van der Waals surface area contributed by atoms with Gasteiger partial charge in [0.25, 0.3) is 0 Å². The number of benzene rings is 4. The van der Waals surface area contributed by atoms with Gasteiger partial charge >= 0.3 is 6.09 Å². The molecule has 0 radical (unpaired) electrons. The first-order valence-corrected chi connectivity index (χ1v) is 24.5. The number of rotatable bonds is 15. The number of para-hydroxylation sites is 1. The minimum atomic E-state index is -3.72. The number of carbonyl (C=O) groups is 1. The lowest BCUT2D eigenvalue weighted by molar-refractivity contribution is 0.0581. The number of aromatic nitrogens is 1. The predicted molar refractivity (Wildman–Crippen MR) is 237 cm³/mol. The SMILES string of the molecule is CN(CCN1CCC(OC(=O)Nc2ccccc2-c2ccccc2)CC1)S(=O)(=O)c1ccc(CNCC(O[Si](C)(C)C(C)(C)C)c2ccc(O)c3[nH]c(=O)ccc23)cc1. The van der Waals surface area contributed by atoms with E-state index >= 15 is 0 Å². The summed E-state index contributed by atoms with van der Waals surface area (Å²) in [6.07, 6.45) is 0.246. The van der Waals surface area contributed by atoms with Crippen LogP contribution in [0.1, 0.15) is 50.8 Å². The summed E-state index contributed by atoms with van der Waals surface area (Å²) in [5.41, 5.74) is 4.46. The highest BCUT2D eigenvalue weighted by Gasteiger charge is 2.40. The van der Waals surface area contributed by atoms with Gasteiger partial charge in [-0.3, -0.25) is 10.1 Å². The van der Waals surface area contributed by atoms with Gasteiger partial charge < -0.3 is 29.5 Å². The third-order valence-electron chi connectivity index (χ3n) is 11.6. The molecule has 59 heavy (non-hydrogen) atoms. The van der Waals surface area contributed by atoms with Crippen LogP contribution in [0.4, 0.5) is 10.5 Å². The number of hydrogen-bond acceptors (Lipinski definition) is 9. The second-order valence-electron chi connectivity index (χ2n) is 16.7. The minimum absolute atomic E-state index is 0.00318. The molecule has 0 bridgehead atoms. The molecule has 5 aromatic rings. The van der Waals surface area contributed by atoms with Crippen LogP contribution in [-0.2, 0) is 25.7 Å². The first-order valence-electron chi connectivity index (χ1n) is 20.1. The van der Waals surface area contributed by atoms with Gasteiger partial charge in [-0.05, 0) is 78.0 Å². The van der Waals surface area contributed by atoms with Crippen molar-refractivity contribution in [2.24, 2.45) is 0 Å². The fraction of sp³-hybridized carbons (Fsp3) is 0.378. The van der Waals surface area contributed by atoms with Gasteiger partial charge in [0.1, 0.15) is 11.9 Å². The van der Waals surface area contributed by atoms with Crippen LogP contribution in [0.5, 0.6) is 5.75 Å². The van der Waals surface area contributed by atoms with Crippen LogP contribution in [0.2, 0.25) is 18.1 Å². The number of phenols is 1. The molecule has 0 spiro atoms. The average Bonchev–Trinajstić information content (AvgIpc) is 3.20. The maximum atomic E-state index is 13.6. The number of nitrogens with zero attached hydrogens (tertiary/aromatic N) is 2. The molecule has 4 aromatic carbocycles. The molecule has 1 fully saturated rings. The molecule has 1 saturated heterocycles. The zero-order chi connectivity index (χ0) is 42.4. The molecule has 314 valence electrons. The molecular formula is C45H57N5O7SSi. The second-order valence-corrected chi connectivity index (χ2v) is 23.5. The normalized spacial score (nSPS) is 15.0. The van der Waals surface area contributed by atoms with Gasteiger partial charge in [0.15, 0.2) is 8.32 Å². The molecule has 1 aliphatic rings. The van der Waals surface area contributed by atoms with Crippen LogP contribution < -0.4 is 16.2 Å². The Kier molecular flexibility index (Phi) is 13.8. The van der Waals surface area contributed by atoms with Crippen LogP contribution in [0.25, 0.3) is 22.0 Å². The van der Waals surface area contributed by atoms with Crippen molar-refractivity contribution in [2.75, 3.05) is 45.1 Å². The smallest absolute Gasteiger partial charge is 0.411 e. The van der Waals surface area contributed by atoms with Gasteiger partial charge in [-0.2, -0.15) is 4.31 Å². The number of carbonyl (C=O) groups excluding carboxylic acids is 1. The Balaban J connectivity index is 0.989. The lowest BCUT2D eigenvalue weighted by Crippen LogP contribution is -2.43. The number of phenolic OH excluding ortho intramolecular Hbond substituents is 1. The molecule has 6 rings (SSSR count). The summed E-state index contributed by atoms with van der Waals surface area (Å²) >= 11 is 0. The Labute approximate surface area is 348 Å². The molecule has 1 aliphatic heterocycles. The lowest BCUT2D eigenvalue weighted by atomic mass is 10.0. The summed E-state index contributed by atoms with van der Waals surface area (Å²) in [6.45, 7) is 14.1. The molecule has 0 aliphatic carbocycles. The zero-order valence-corrected chi connectivity index (χ0v) is 36.6. The van der Waals surface area contributed by atoms with Gasteiger partial charge in [-0.1, -0.05) is 87.5 Å². The second kappa shape index (κ2) is 18.6. The molecule has 0 saturated carbocycles. The lowest BCUT2D eigenvalue weighted by Gasteiger charge is -2.39. The fourth-order valence-electron chi connectivity index (χ4n) is 7.00. The highest BCUT2D eigenvalue weighted by atomic mass is 32.2. The summed E-state index contributed by atoms with van der Waals surface area (Å²) < 4.78 is 41.2. The Morgan fingerprint density at radius 2 is 1.63 bits per heavy atom. The number of piperidine rings is 1. The van der Waals surface area contributed by atoms with Crippen molar-refractivity contribution < 1.29 is 27.5 Å². The quantitative estimate of drug-likeness (QED) is 0.0767. The van der Waals surface area contributed by atoms with E-state index in [1.54, 1.807) is 31.3 Å². The van der Waals surface area contributed by atoms with Crippen molar-refractivity contribution in [1.82, 2.24) is 19.5 Å². The number of H-pyrrole nitrogens is 1. The average molecular weight is 840 g/mol. The number of pyridine rings is 1. The van der Waals surface area contributed by atoms with Crippen LogP contribution >= 0.6 is 0 Å². The number of nitrogens with one attached hydrogen (secondary N) is 3. The van der Waals surface area contributed by atoms with E-state index in [-0.39, 0.29) is 33.5 Å². The number of likely N-dealkylation sites (N-methyl/N-ethyl adjacent to an activating group) is 1. The van der Waals surface area contributed by atoms with E-state index < -0.39 is 24.4 Å². The largest absolute Gasteiger partial charge is 0.506 e. The maximum Gasteiger partial charge on any atom is 0.411 e. The first-order chi connectivity index (χ1) is 28.0. The Morgan fingerprint density at radius 1 is 0.949 bits per heavy atom. The van der Waals surface area contributed by atoms with E-state index in [9.17, 15) is 23.1 Å². The Hall–Kier alpha value is -4.83. The van der Waals surface area contributed by atoms with E-state index in [1.807, 2.05) is 72.8 Å². The number of likely N-dealkylation sites (tertiary alicyclic amines) is 1. The van der Waals surface area contributed by atoms with Crippen molar-refractivity contribution in [3.8, 4) is 16.9 Å². The number of ether oxygens (including phenoxy) is 1. The van der Waals surface area contributed by atoms with Crippen LogP contribution in [-0.4, -0.2) is 88.0 Å². The van der Waals surface area contributed by atoms with Crippen molar-refractivity contribution in [2.45, 2.75) is 75.4 Å². The number of fused-ring (bicyclic) bond motifs is 1. The molecule has 1 unspecified atom stereocenters. The summed E-state index contributed by atoms with van der Waals surface area (Å²) in [6, 6.07) is 31.0. The van der Waals surface area contributed by atoms with Crippen molar-refractivity contribution in [3.63, 3.8) is 0 Å². The zero-order valence-electron chi connectivity index (χ0n) is 34.8. The summed E-state index contributed by atoms with van der Waals surface area (Å²) in [7, 11) is -4.37. The van der Waals surface area contributed by atoms with E-state index in [0.717, 1.165) is 22.3 Å². The van der Waals surface area contributed by atoms with Gasteiger partial charge in [0, 0.05) is 63.3 Å². The fourth-order valence-corrected chi connectivity index (χ4v) is 9.44. The number of aromatic amines is 1. The molecule has 4 N–H and O–H groups in total. The van der Waals surface area contributed by atoms with Crippen LogP contribution in [0.3, 0.4) is 0 Å². The summed E-state index contributed by atoms with van der Waals surface area (Å²) in [5, 5.41) is 17.6. The van der Waals surface area contributed by atoms with Crippen molar-refractivity contribution in [1.29, 1.82) is 0 Å². The van der Waals surface area contributed by atoms with E-state index in [2.05, 4.69) is 54.4 Å². The standard InChI is InChI=1S/C45H57N5O7SSi/c1-45(2,3)59(5,6)57-41(37-20-22-40(51)43-38(37)21-23-42(52)48-43)31-46-30-32-16-18-35(19-17-32)58(54,55)49(4)28-29-50-26-24-34(25-27-50)56-44(53)47-39-15-11-10-14-36(39)33-12-8-7-9-13-33/h7-23,34,41,46,51H,24-31H2,1-6H3,(H,47,53)(H,48,52). The molecule has 14 heteroatoms. The third kappa shape index (κ3) is 10.9. The number of sulfonamides is 1. The number of anilines is 1. The molecule has 2 heterocycles. The van der Waals surface area contributed by atoms with E-state index in [1.165, 1.54) is 10.4 Å². The molecule has 1 amide bonds. The number of amides is 1. The molecule has 1 aromatic heterocycles. The number of hydrogen-bond donors (Lipinski definition) is 4. The first kappa shape index (κ1) is 43.7.